The van der Waals surface area contributed by atoms with E-state index in [0.717, 1.165) is 17.8 Å². The first-order valence-corrected chi connectivity index (χ1v) is 5.54. The average molecular weight is 168 g/mol. The summed E-state index contributed by atoms with van der Waals surface area (Å²) in [6, 6.07) is 0. The van der Waals surface area contributed by atoms with Crippen molar-refractivity contribution in [2.45, 2.75) is 53.9 Å². The van der Waals surface area contributed by atoms with E-state index in [2.05, 4.69) is 34.6 Å². The van der Waals surface area contributed by atoms with Gasteiger partial charge in [0.1, 0.15) is 0 Å². The lowest BCUT2D eigenvalue weighted by atomic mass is 9.93. The second-order valence-electron chi connectivity index (χ2n) is 5.17. The van der Waals surface area contributed by atoms with Gasteiger partial charge in [-0.05, 0) is 29.6 Å². The van der Waals surface area contributed by atoms with E-state index in [4.69, 9.17) is 0 Å². The van der Waals surface area contributed by atoms with Gasteiger partial charge in [-0.25, -0.2) is 0 Å². The van der Waals surface area contributed by atoms with Gasteiger partial charge in [-0.15, -0.1) is 0 Å². The lowest BCUT2D eigenvalue weighted by Gasteiger charge is -2.12. The monoisotopic (exact) mass is 168 g/mol. The number of hydrogen-bond donors (Lipinski definition) is 0. The summed E-state index contributed by atoms with van der Waals surface area (Å²) in [7, 11) is 0. The molecule has 0 aromatic carbocycles. The fourth-order valence-corrected chi connectivity index (χ4v) is 3.13. The summed E-state index contributed by atoms with van der Waals surface area (Å²) < 4.78 is 0. The predicted molar refractivity (Wildman–Crippen MR) is 55.1 cm³/mol. The molecule has 1 saturated carbocycles. The molecule has 0 nitrogen and oxygen atoms in total. The Kier molecular flexibility index (Phi) is 2.85. The van der Waals surface area contributed by atoms with Crippen LogP contribution in [0.5, 0.6) is 0 Å². The van der Waals surface area contributed by atoms with Crippen molar-refractivity contribution in [1.82, 2.24) is 0 Å². The van der Waals surface area contributed by atoms with Crippen molar-refractivity contribution in [3.63, 3.8) is 0 Å². The predicted octanol–water partition coefficient (Wildman–Crippen LogP) is 4.10. The third-order valence-electron chi connectivity index (χ3n) is 4.02. The molecule has 0 N–H and O–H groups in total. The highest BCUT2D eigenvalue weighted by molar-refractivity contribution is 5.06. The Bertz CT molecular complexity index is 148. The molecule has 1 aliphatic carbocycles. The number of rotatable bonds is 4. The van der Waals surface area contributed by atoms with E-state index in [1.165, 1.54) is 19.3 Å². The van der Waals surface area contributed by atoms with Crippen LogP contribution in [0.3, 0.4) is 0 Å². The molecule has 0 bridgehead atoms. The molecule has 12 heavy (non-hydrogen) atoms. The Labute approximate surface area is 77.7 Å². The Hall–Kier alpha value is 0. The number of unbranched alkanes of at least 4 members (excludes halogenated alkanes) is 1. The molecule has 0 saturated heterocycles. The molecule has 0 spiro atoms. The fourth-order valence-electron chi connectivity index (χ4n) is 3.13. The minimum Gasteiger partial charge on any atom is -0.0654 e. The van der Waals surface area contributed by atoms with Crippen LogP contribution in [0.1, 0.15) is 53.9 Å². The maximum Gasteiger partial charge on any atom is -0.0264 e. The minimum absolute atomic E-state index is 0.699. The molecule has 0 radical (unpaired) electrons. The van der Waals surface area contributed by atoms with Crippen molar-refractivity contribution >= 4 is 0 Å². The van der Waals surface area contributed by atoms with E-state index in [-0.39, 0.29) is 0 Å². The zero-order valence-corrected chi connectivity index (χ0v) is 9.35. The van der Waals surface area contributed by atoms with E-state index in [0.29, 0.717) is 5.41 Å². The van der Waals surface area contributed by atoms with E-state index in [9.17, 15) is 0 Å². The lowest BCUT2D eigenvalue weighted by Crippen LogP contribution is -2.02. The molecule has 3 atom stereocenters. The molecule has 0 amide bonds. The Morgan fingerprint density at radius 2 is 1.92 bits per heavy atom. The molecule has 3 unspecified atom stereocenters. The summed E-state index contributed by atoms with van der Waals surface area (Å²) in [6.45, 7) is 12.0. The molecule has 0 heterocycles. The fraction of sp³-hybridized carbons (Fsp3) is 1.00. The van der Waals surface area contributed by atoms with Crippen molar-refractivity contribution in [3.05, 3.63) is 0 Å². The van der Waals surface area contributed by atoms with Gasteiger partial charge in [0.25, 0.3) is 0 Å². The highest BCUT2D eigenvalue weighted by Gasteiger charge is 2.57. The SMILES string of the molecule is CCCCC1(C)C(C)C1C(C)C. The molecule has 72 valence electrons. The molecule has 0 heteroatoms. The molecular weight excluding hydrogens is 144 g/mol. The summed E-state index contributed by atoms with van der Waals surface area (Å²) in [5.74, 6) is 2.87. The Morgan fingerprint density at radius 1 is 1.33 bits per heavy atom. The van der Waals surface area contributed by atoms with Crippen molar-refractivity contribution < 1.29 is 0 Å². The maximum atomic E-state index is 2.48. The van der Waals surface area contributed by atoms with Gasteiger partial charge < -0.3 is 0 Å². The van der Waals surface area contributed by atoms with Gasteiger partial charge in [0.15, 0.2) is 0 Å². The van der Waals surface area contributed by atoms with Gasteiger partial charge in [-0.3, -0.25) is 0 Å². The van der Waals surface area contributed by atoms with Crippen LogP contribution >= 0.6 is 0 Å². The van der Waals surface area contributed by atoms with Gasteiger partial charge in [0, 0.05) is 0 Å². The number of hydrogen-bond acceptors (Lipinski definition) is 0. The highest BCUT2D eigenvalue weighted by atomic mass is 14.6. The quantitative estimate of drug-likeness (QED) is 0.592. The summed E-state index contributed by atoms with van der Waals surface area (Å²) in [5, 5.41) is 0. The van der Waals surface area contributed by atoms with Crippen LogP contribution in [0.4, 0.5) is 0 Å². The van der Waals surface area contributed by atoms with Gasteiger partial charge in [0.05, 0.1) is 0 Å². The maximum absolute atomic E-state index is 2.48. The molecule has 0 aliphatic heterocycles. The summed E-state index contributed by atoms with van der Waals surface area (Å²) in [5.41, 5.74) is 0.699. The van der Waals surface area contributed by atoms with Crippen LogP contribution < -0.4 is 0 Å². The van der Waals surface area contributed by atoms with Gasteiger partial charge in [-0.2, -0.15) is 0 Å². The first-order valence-electron chi connectivity index (χ1n) is 5.54. The molecule has 0 aromatic rings. The summed E-state index contributed by atoms with van der Waals surface area (Å²) in [4.78, 5) is 0. The second-order valence-corrected chi connectivity index (χ2v) is 5.17. The second kappa shape index (κ2) is 3.40. The molecule has 1 rings (SSSR count). The van der Waals surface area contributed by atoms with Crippen LogP contribution in [-0.4, -0.2) is 0 Å². The van der Waals surface area contributed by atoms with Crippen molar-refractivity contribution in [3.8, 4) is 0 Å². The van der Waals surface area contributed by atoms with Crippen molar-refractivity contribution in [1.29, 1.82) is 0 Å². The first-order chi connectivity index (χ1) is 5.54. The van der Waals surface area contributed by atoms with E-state index >= 15 is 0 Å². The first kappa shape index (κ1) is 10.1. The zero-order valence-electron chi connectivity index (χ0n) is 9.35. The standard InChI is InChI=1S/C12H24/c1-6-7-8-12(5)10(4)11(12)9(2)3/h9-11H,6-8H2,1-5H3. The van der Waals surface area contributed by atoms with Gasteiger partial charge in [-0.1, -0.05) is 47.5 Å². The minimum atomic E-state index is 0.699. The summed E-state index contributed by atoms with van der Waals surface area (Å²) in [6.07, 6.45) is 4.23. The average Bonchev–Trinajstić information content (AvgIpc) is 2.52. The summed E-state index contributed by atoms with van der Waals surface area (Å²) >= 11 is 0. The largest absolute Gasteiger partial charge is 0.0654 e. The Morgan fingerprint density at radius 3 is 2.25 bits per heavy atom. The Balaban J connectivity index is 2.42. The van der Waals surface area contributed by atoms with Gasteiger partial charge >= 0.3 is 0 Å². The van der Waals surface area contributed by atoms with Crippen LogP contribution in [0.2, 0.25) is 0 Å². The molecule has 0 aromatic heterocycles. The van der Waals surface area contributed by atoms with Crippen molar-refractivity contribution in [2.75, 3.05) is 0 Å². The topological polar surface area (TPSA) is 0 Å². The zero-order chi connectivity index (χ0) is 9.35. The van der Waals surface area contributed by atoms with Gasteiger partial charge in [0.2, 0.25) is 0 Å². The van der Waals surface area contributed by atoms with Crippen LogP contribution in [0.25, 0.3) is 0 Å². The lowest BCUT2D eigenvalue weighted by molar-refractivity contribution is 0.383. The van der Waals surface area contributed by atoms with E-state index in [1.54, 1.807) is 0 Å². The van der Waals surface area contributed by atoms with Crippen LogP contribution in [0.15, 0.2) is 0 Å². The molecule has 1 fully saturated rings. The highest BCUT2D eigenvalue weighted by Crippen LogP contribution is 2.64. The van der Waals surface area contributed by atoms with Crippen LogP contribution in [0, 0.1) is 23.2 Å². The smallest absolute Gasteiger partial charge is 0.0264 e. The van der Waals surface area contributed by atoms with Crippen molar-refractivity contribution in [2.24, 2.45) is 23.2 Å². The van der Waals surface area contributed by atoms with E-state index < -0.39 is 0 Å². The molecular formula is C12H24. The third-order valence-corrected chi connectivity index (χ3v) is 4.02. The normalized spacial score (nSPS) is 40.5. The third kappa shape index (κ3) is 1.53. The molecule has 1 aliphatic rings. The van der Waals surface area contributed by atoms with E-state index in [1.807, 2.05) is 0 Å². The van der Waals surface area contributed by atoms with Crippen LogP contribution in [-0.2, 0) is 0 Å².